The first-order chi connectivity index (χ1) is 4.61. The topological polar surface area (TPSA) is 54.9 Å². The third-order valence-corrected chi connectivity index (χ3v) is 1.69. The number of hydrogen-bond donors (Lipinski definition) is 1. The van der Waals surface area contributed by atoms with Gasteiger partial charge in [0.25, 0.3) is 5.56 Å². The van der Waals surface area contributed by atoms with Crippen LogP contribution in [-0.4, -0.2) is 8.58 Å². The average molecular weight is 205 g/mol. The van der Waals surface area contributed by atoms with Crippen LogP contribution in [0.5, 0.6) is 0 Å². The van der Waals surface area contributed by atoms with Gasteiger partial charge in [0.2, 0.25) is 0 Å². The van der Waals surface area contributed by atoms with E-state index in [-0.39, 0.29) is 5.56 Å². The highest BCUT2D eigenvalue weighted by molar-refractivity contribution is 9.08. The van der Waals surface area contributed by atoms with E-state index < -0.39 is 5.69 Å². The van der Waals surface area contributed by atoms with E-state index in [1.54, 1.807) is 6.92 Å². The summed E-state index contributed by atoms with van der Waals surface area (Å²) >= 11 is 2.77. The van der Waals surface area contributed by atoms with Gasteiger partial charge in [0.15, 0.2) is 0 Å². The molecule has 54 valence electrons. The van der Waals surface area contributed by atoms with Gasteiger partial charge in [0.05, 0.1) is 16.1 Å². The van der Waals surface area contributed by atoms with Gasteiger partial charge in [-0.3, -0.25) is 4.79 Å². The van der Waals surface area contributed by atoms with Crippen LogP contribution >= 0.6 is 16.1 Å². The molecule has 1 aromatic heterocycles. The molecule has 1 N–H and O–H groups in total. The highest BCUT2D eigenvalue weighted by Gasteiger charge is 1.95. The number of rotatable bonds is 0. The number of hydrogen-bond acceptors (Lipinski definition) is 2. The Bertz CT molecular complexity index is 320. The van der Waals surface area contributed by atoms with Crippen molar-refractivity contribution in [2.75, 3.05) is 0 Å². The summed E-state index contributed by atoms with van der Waals surface area (Å²) in [5.74, 6) is 0. The number of aromatic nitrogens is 2. The summed E-state index contributed by atoms with van der Waals surface area (Å²) in [7, 11) is 0. The van der Waals surface area contributed by atoms with Crippen molar-refractivity contribution < 1.29 is 0 Å². The molecule has 0 saturated carbocycles. The van der Waals surface area contributed by atoms with Crippen molar-refractivity contribution in [1.82, 2.24) is 8.58 Å². The van der Waals surface area contributed by atoms with Crippen LogP contribution in [-0.2, 0) is 0 Å². The maximum atomic E-state index is 10.8. The average Bonchev–Trinajstić information content (AvgIpc) is 1.82. The summed E-state index contributed by atoms with van der Waals surface area (Å²) in [6, 6.07) is 1.33. The molecule has 0 fully saturated rings. The summed E-state index contributed by atoms with van der Waals surface area (Å²) in [5, 5.41) is 0. The van der Waals surface area contributed by atoms with E-state index in [0.717, 1.165) is 3.59 Å². The van der Waals surface area contributed by atoms with E-state index in [1.165, 1.54) is 6.07 Å². The zero-order valence-electron chi connectivity index (χ0n) is 5.22. The molecular formula is C5H5BrN2O2. The van der Waals surface area contributed by atoms with E-state index in [1.807, 2.05) is 0 Å². The first-order valence-corrected chi connectivity index (χ1v) is 3.31. The molecule has 0 radical (unpaired) electrons. The van der Waals surface area contributed by atoms with Crippen LogP contribution in [0.1, 0.15) is 5.69 Å². The molecule has 0 atom stereocenters. The van der Waals surface area contributed by atoms with Crippen LogP contribution in [0.2, 0.25) is 0 Å². The normalized spacial score (nSPS) is 9.80. The molecule has 0 aromatic carbocycles. The highest BCUT2D eigenvalue weighted by Crippen LogP contribution is 1.81. The van der Waals surface area contributed by atoms with E-state index in [4.69, 9.17) is 0 Å². The van der Waals surface area contributed by atoms with Crippen LogP contribution in [0.25, 0.3) is 0 Å². The van der Waals surface area contributed by atoms with Gasteiger partial charge < -0.3 is 4.98 Å². The standard InChI is InChI=1S/C5H5BrN2O2/c1-3-2-4(9)8(6)5(10)7-3/h2H,1H3,(H,7,10). The fourth-order valence-corrected chi connectivity index (χ4v) is 0.787. The van der Waals surface area contributed by atoms with E-state index in [0.29, 0.717) is 5.69 Å². The highest BCUT2D eigenvalue weighted by atomic mass is 79.9. The second-order valence-electron chi connectivity index (χ2n) is 1.88. The molecule has 0 aliphatic rings. The van der Waals surface area contributed by atoms with Crippen molar-refractivity contribution in [2.24, 2.45) is 0 Å². The summed E-state index contributed by atoms with van der Waals surface area (Å²) < 4.78 is 0.833. The quantitative estimate of drug-likeness (QED) is 0.648. The second-order valence-corrected chi connectivity index (χ2v) is 2.59. The van der Waals surface area contributed by atoms with Crippen LogP contribution in [0.3, 0.4) is 0 Å². The number of aromatic amines is 1. The molecule has 0 amide bonds. The number of halogens is 1. The predicted octanol–water partition coefficient (Wildman–Crippen LogP) is 0.00302. The molecule has 0 aliphatic carbocycles. The Balaban J connectivity index is 3.62. The Morgan fingerprint density at radius 1 is 1.60 bits per heavy atom. The minimum atomic E-state index is -0.454. The lowest BCUT2D eigenvalue weighted by molar-refractivity contribution is 0.961. The first-order valence-electron chi connectivity index (χ1n) is 2.60. The Morgan fingerprint density at radius 2 is 2.20 bits per heavy atom. The molecule has 4 nitrogen and oxygen atoms in total. The molecule has 0 spiro atoms. The maximum absolute atomic E-state index is 10.8. The fraction of sp³-hybridized carbons (Fsp3) is 0.200. The van der Waals surface area contributed by atoms with E-state index in [9.17, 15) is 9.59 Å². The van der Waals surface area contributed by atoms with Gasteiger partial charge >= 0.3 is 5.69 Å². The van der Waals surface area contributed by atoms with Crippen LogP contribution < -0.4 is 11.2 Å². The largest absolute Gasteiger partial charge is 0.338 e. The van der Waals surface area contributed by atoms with Crippen molar-refractivity contribution in [1.29, 1.82) is 0 Å². The van der Waals surface area contributed by atoms with Crippen molar-refractivity contribution in [3.63, 3.8) is 0 Å². The molecule has 0 aliphatic heterocycles. The maximum Gasteiger partial charge on any atom is 0.338 e. The van der Waals surface area contributed by atoms with Crippen LogP contribution in [0.15, 0.2) is 15.7 Å². The Kier molecular flexibility index (Phi) is 1.76. The summed E-state index contributed by atoms with van der Waals surface area (Å²) in [6.45, 7) is 1.65. The number of aryl methyl sites for hydroxylation is 1. The van der Waals surface area contributed by atoms with Crippen LogP contribution in [0, 0.1) is 6.92 Å². The first kappa shape index (κ1) is 7.27. The van der Waals surface area contributed by atoms with E-state index >= 15 is 0 Å². The number of nitrogens with zero attached hydrogens (tertiary/aromatic N) is 1. The lowest BCUT2D eigenvalue weighted by Gasteiger charge is -1.91. The minimum Gasteiger partial charge on any atom is -0.311 e. The third kappa shape index (κ3) is 1.18. The van der Waals surface area contributed by atoms with Gasteiger partial charge in [0, 0.05) is 11.8 Å². The molecule has 5 heteroatoms. The Morgan fingerprint density at radius 3 is 2.70 bits per heavy atom. The Hall–Kier alpha value is -0.840. The smallest absolute Gasteiger partial charge is 0.311 e. The van der Waals surface area contributed by atoms with E-state index in [2.05, 4.69) is 21.1 Å². The van der Waals surface area contributed by atoms with Crippen molar-refractivity contribution >= 4 is 16.1 Å². The molecule has 1 heterocycles. The van der Waals surface area contributed by atoms with Crippen LogP contribution in [0.4, 0.5) is 0 Å². The monoisotopic (exact) mass is 204 g/mol. The van der Waals surface area contributed by atoms with Crippen molar-refractivity contribution in [3.05, 3.63) is 32.6 Å². The third-order valence-electron chi connectivity index (χ3n) is 1.02. The summed E-state index contributed by atoms with van der Waals surface area (Å²) in [6.07, 6.45) is 0. The van der Waals surface area contributed by atoms with Gasteiger partial charge in [-0.2, -0.15) is 3.59 Å². The molecule has 1 aromatic rings. The lowest BCUT2D eigenvalue weighted by Crippen LogP contribution is -2.28. The SMILES string of the molecule is Cc1cc(=O)n(Br)c(=O)[nH]1. The van der Waals surface area contributed by atoms with Crippen molar-refractivity contribution in [2.45, 2.75) is 6.92 Å². The van der Waals surface area contributed by atoms with Crippen molar-refractivity contribution in [3.8, 4) is 0 Å². The van der Waals surface area contributed by atoms with Gasteiger partial charge in [-0.25, -0.2) is 4.79 Å². The van der Waals surface area contributed by atoms with Gasteiger partial charge in [0.1, 0.15) is 0 Å². The Labute approximate surface area is 64.8 Å². The second kappa shape index (κ2) is 2.42. The van der Waals surface area contributed by atoms with Gasteiger partial charge in [-0.1, -0.05) is 0 Å². The van der Waals surface area contributed by atoms with Gasteiger partial charge in [-0.15, -0.1) is 0 Å². The summed E-state index contributed by atoms with van der Waals surface area (Å²) in [4.78, 5) is 23.9. The number of nitrogens with one attached hydrogen (secondary N) is 1. The zero-order valence-corrected chi connectivity index (χ0v) is 6.81. The lowest BCUT2D eigenvalue weighted by atomic mass is 10.5. The molecule has 1 rings (SSSR count). The molecule has 0 unspecified atom stereocenters. The molecule has 0 saturated heterocycles. The number of H-pyrrole nitrogens is 1. The molecular weight excluding hydrogens is 200 g/mol. The zero-order chi connectivity index (χ0) is 7.72. The summed E-state index contributed by atoms with van der Waals surface area (Å²) in [5.41, 5.74) is -0.253. The minimum absolute atomic E-state index is 0.360. The fourth-order valence-electron chi connectivity index (χ4n) is 0.596. The van der Waals surface area contributed by atoms with Gasteiger partial charge in [-0.05, 0) is 6.92 Å². The molecule has 10 heavy (non-hydrogen) atoms. The molecule has 0 bridgehead atoms. The predicted molar refractivity (Wildman–Crippen MR) is 40.4 cm³/mol.